The average Bonchev–Trinajstić information content (AvgIpc) is 3.72. The molecule has 2 N–H and O–H groups in total. The van der Waals surface area contributed by atoms with E-state index in [1.54, 1.807) is 6.20 Å². The van der Waals surface area contributed by atoms with Gasteiger partial charge in [0, 0.05) is 54.3 Å². The molecule has 7 nitrogen and oxygen atoms in total. The molecule has 1 aliphatic carbocycles. The molecule has 2 aliphatic rings. The van der Waals surface area contributed by atoms with Gasteiger partial charge in [0.1, 0.15) is 11.2 Å². The van der Waals surface area contributed by atoms with Crippen molar-refractivity contribution in [3.05, 3.63) is 95.5 Å². The number of H-pyrrole nitrogens is 1. The topological polar surface area (TPSA) is 91.7 Å². The van der Waals surface area contributed by atoms with Crippen LogP contribution in [0.15, 0.2) is 72.2 Å². The van der Waals surface area contributed by atoms with Crippen molar-refractivity contribution < 1.29 is 0 Å². The zero-order valence-electron chi connectivity index (χ0n) is 26.0. The summed E-state index contributed by atoms with van der Waals surface area (Å²) in [5.74, 6) is 2.20. The monoisotopic (exact) mass is 583 g/mol. The summed E-state index contributed by atoms with van der Waals surface area (Å²) in [7, 11) is 0. The van der Waals surface area contributed by atoms with E-state index in [4.69, 9.17) is 15.0 Å². The Bertz CT molecular complexity index is 1800. The van der Waals surface area contributed by atoms with Crippen molar-refractivity contribution in [3.63, 3.8) is 0 Å². The van der Waals surface area contributed by atoms with Crippen molar-refractivity contribution in [2.75, 3.05) is 13.1 Å². The van der Waals surface area contributed by atoms with Gasteiger partial charge in [-0.25, -0.2) is 4.98 Å². The van der Waals surface area contributed by atoms with Crippen molar-refractivity contribution in [3.8, 4) is 22.4 Å². The number of aromatic nitrogens is 5. The number of imidazole rings is 1. The number of fused-ring (bicyclic) bond motifs is 2. The minimum Gasteiger partial charge on any atom is -0.335 e. The summed E-state index contributed by atoms with van der Waals surface area (Å²) in [5.41, 5.74) is 11.4. The van der Waals surface area contributed by atoms with Crippen LogP contribution in [-0.2, 0) is 13.0 Å². The van der Waals surface area contributed by atoms with Gasteiger partial charge in [0.05, 0.1) is 23.1 Å². The Morgan fingerprint density at radius 2 is 1.77 bits per heavy atom. The van der Waals surface area contributed by atoms with E-state index in [2.05, 4.69) is 71.5 Å². The third kappa shape index (κ3) is 5.69. The molecule has 5 heterocycles. The van der Waals surface area contributed by atoms with E-state index in [-0.39, 0.29) is 5.92 Å². The fourth-order valence-electron chi connectivity index (χ4n) is 6.76. The predicted molar refractivity (Wildman–Crippen MR) is 178 cm³/mol. The highest BCUT2D eigenvalue weighted by Crippen LogP contribution is 2.34. The van der Waals surface area contributed by atoms with Crippen molar-refractivity contribution in [2.45, 2.75) is 65.3 Å². The number of aryl methyl sites for hydroxylation is 1. The van der Waals surface area contributed by atoms with Gasteiger partial charge in [-0.1, -0.05) is 51.8 Å². The quantitative estimate of drug-likeness (QED) is 0.197. The first-order valence-electron chi connectivity index (χ1n) is 16.2. The third-order valence-corrected chi connectivity index (χ3v) is 9.59. The maximum atomic E-state index is 5.17. The smallest absolute Gasteiger partial charge is 0.157 e. The van der Waals surface area contributed by atoms with E-state index >= 15 is 0 Å². The van der Waals surface area contributed by atoms with Crippen molar-refractivity contribution in [2.24, 2.45) is 16.8 Å². The summed E-state index contributed by atoms with van der Waals surface area (Å²) in [6.07, 6.45) is 14.0. The zero-order chi connectivity index (χ0) is 30.0. The van der Waals surface area contributed by atoms with E-state index in [1.165, 1.54) is 42.4 Å². The molecule has 7 heteroatoms. The maximum Gasteiger partial charge on any atom is 0.157 e. The van der Waals surface area contributed by atoms with Crippen molar-refractivity contribution >= 4 is 16.7 Å². The molecule has 7 rings (SSSR count). The standard InChI is InChI=1S/C37H41N7/c1-4-25-13-27(19-38-18-26-9-5-6-10-26)15-28(14-25)29-16-30-34(42-20-29)24(3)23(2)17-41-36(30)37-43-33-22-39-21-31(35(33)44-37)32-11-7-8-12-40-32/h7-8,11-16,20-24,26,38H,4-6,9-10,17-19H2,1-3H3,(H,43,44). The molecule has 1 aliphatic heterocycles. The number of aromatic amines is 1. The number of aliphatic imine (C=N–C) groups is 1. The zero-order valence-corrected chi connectivity index (χ0v) is 26.0. The first kappa shape index (κ1) is 28.5. The van der Waals surface area contributed by atoms with Crippen LogP contribution in [0.5, 0.6) is 0 Å². The molecule has 1 fully saturated rings. The highest BCUT2D eigenvalue weighted by atomic mass is 15.0. The Morgan fingerprint density at radius 1 is 0.909 bits per heavy atom. The molecule has 0 saturated heterocycles. The molecule has 224 valence electrons. The van der Waals surface area contributed by atoms with Gasteiger partial charge in [-0.2, -0.15) is 0 Å². The summed E-state index contributed by atoms with van der Waals surface area (Å²) in [6.45, 7) is 9.47. The number of nitrogens with zero attached hydrogens (tertiary/aromatic N) is 5. The molecule has 2 atom stereocenters. The molecular weight excluding hydrogens is 542 g/mol. The van der Waals surface area contributed by atoms with Crippen LogP contribution in [0.1, 0.15) is 80.6 Å². The summed E-state index contributed by atoms with van der Waals surface area (Å²) < 4.78 is 0. The lowest BCUT2D eigenvalue weighted by Gasteiger charge is -2.18. The minimum absolute atomic E-state index is 0.271. The van der Waals surface area contributed by atoms with Crippen LogP contribution >= 0.6 is 0 Å². The summed E-state index contributed by atoms with van der Waals surface area (Å²) in [5, 5.41) is 3.74. The Balaban J connectivity index is 1.27. The van der Waals surface area contributed by atoms with Gasteiger partial charge in [0.15, 0.2) is 5.82 Å². The highest BCUT2D eigenvalue weighted by Gasteiger charge is 2.28. The molecular formula is C37H41N7. The van der Waals surface area contributed by atoms with Crippen LogP contribution in [0.25, 0.3) is 33.4 Å². The van der Waals surface area contributed by atoms with Gasteiger partial charge in [-0.05, 0) is 78.6 Å². The van der Waals surface area contributed by atoms with Gasteiger partial charge in [0.25, 0.3) is 0 Å². The first-order valence-corrected chi connectivity index (χ1v) is 16.2. The summed E-state index contributed by atoms with van der Waals surface area (Å²) >= 11 is 0. The maximum absolute atomic E-state index is 5.17. The number of benzene rings is 1. The second-order valence-corrected chi connectivity index (χ2v) is 12.7. The Hall–Kier alpha value is -4.23. The lowest BCUT2D eigenvalue weighted by Crippen LogP contribution is -2.20. The highest BCUT2D eigenvalue weighted by molar-refractivity contribution is 6.13. The van der Waals surface area contributed by atoms with E-state index in [0.717, 1.165) is 76.1 Å². The molecule has 0 bridgehead atoms. The second-order valence-electron chi connectivity index (χ2n) is 12.7. The molecule has 0 spiro atoms. The van der Waals surface area contributed by atoms with Gasteiger partial charge < -0.3 is 10.3 Å². The Kier molecular flexibility index (Phi) is 8.05. The number of pyridine rings is 3. The second kappa shape index (κ2) is 12.4. The van der Waals surface area contributed by atoms with Crippen LogP contribution in [0.4, 0.5) is 0 Å². The summed E-state index contributed by atoms with van der Waals surface area (Å²) in [6, 6.07) is 15.2. The van der Waals surface area contributed by atoms with Gasteiger partial charge in [-0.15, -0.1) is 0 Å². The lowest BCUT2D eigenvalue weighted by molar-refractivity contribution is 0.489. The van der Waals surface area contributed by atoms with Crippen molar-refractivity contribution in [1.29, 1.82) is 0 Å². The third-order valence-electron chi connectivity index (χ3n) is 9.59. The summed E-state index contributed by atoms with van der Waals surface area (Å²) in [4.78, 5) is 28.0. The molecule has 0 radical (unpaired) electrons. The minimum atomic E-state index is 0.271. The first-order chi connectivity index (χ1) is 21.6. The van der Waals surface area contributed by atoms with Crippen LogP contribution in [0.3, 0.4) is 0 Å². The van der Waals surface area contributed by atoms with Crippen molar-refractivity contribution in [1.82, 2.24) is 30.2 Å². The van der Waals surface area contributed by atoms with Gasteiger partial charge in [0.2, 0.25) is 0 Å². The molecule has 4 aromatic heterocycles. The van der Waals surface area contributed by atoms with E-state index in [0.29, 0.717) is 12.5 Å². The van der Waals surface area contributed by atoms with Crippen LogP contribution < -0.4 is 5.32 Å². The largest absolute Gasteiger partial charge is 0.335 e. The Labute approximate surface area is 259 Å². The average molecular weight is 584 g/mol. The van der Waals surface area contributed by atoms with Gasteiger partial charge in [-0.3, -0.25) is 19.9 Å². The van der Waals surface area contributed by atoms with Gasteiger partial charge >= 0.3 is 0 Å². The fourth-order valence-corrected chi connectivity index (χ4v) is 6.76. The predicted octanol–water partition coefficient (Wildman–Crippen LogP) is 7.51. The normalized spacial score (nSPS) is 18.8. The fraction of sp³-hybridized carbons (Fsp3) is 0.378. The van der Waals surface area contributed by atoms with Crippen LogP contribution in [0.2, 0.25) is 0 Å². The lowest BCUT2D eigenvalue weighted by atomic mass is 9.89. The molecule has 1 aromatic carbocycles. The Morgan fingerprint density at radius 3 is 2.59 bits per heavy atom. The van der Waals surface area contributed by atoms with Crippen LogP contribution in [-0.4, -0.2) is 43.7 Å². The molecule has 5 aromatic rings. The SMILES string of the molecule is CCc1cc(CNCC2CCCC2)cc(-c2cnc3c(c2)C(c2nc4c(-c5ccccn5)cncc4[nH]2)=NCC(C)C3C)c1. The number of nitrogens with one attached hydrogen (secondary N) is 2. The molecule has 2 unspecified atom stereocenters. The van der Waals surface area contributed by atoms with E-state index in [1.807, 2.05) is 30.6 Å². The van der Waals surface area contributed by atoms with Crippen LogP contribution in [0, 0.1) is 11.8 Å². The number of hydrogen-bond acceptors (Lipinski definition) is 6. The van der Waals surface area contributed by atoms with E-state index in [9.17, 15) is 0 Å². The van der Waals surface area contributed by atoms with E-state index < -0.39 is 0 Å². The number of hydrogen-bond donors (Lipinski definition) is 2. The number of rotatable bonds is 8. The molecule has 44 heavy (non-hydrogen) atoms. The molecule has 0 amide bonds. The molecule has 1 saturated carbocycles.